The maximum atomic E-state index is 9.38. The molecule has 0 bridgehead atoms. The van der Waals surface area contributed by atoms with Crippen LogP contribution in [0.1, 0.15) is 12.8 Å². The van der Waals surface area contributed by atoms with Crippen LogP contribution in [-0.2, 0) is 0 Å². The lowest BCUT2D eigenvalue weighted by atomic mass is 9.82. The molecule has 0 saturated carbocycles. The fourth-order valence-electron chi connectivity index (χ4n) is 2.56. The van der Waals surface area contributed by atoms with Crippen LogP contribution in [0, 0.1) is 17.2 Å². The summed E-state index contributed by atoms with van der Waals surface area (Å²) in [4.78, 5) is 4.63. The fourth-order valence-corrected chi connectivity index (χ4v) is 2.56. The van der Waals surface area contributed by atoms with E-state index >= 15 is 0 Å². The van der Waals surface area contributed by atoms with Gasteiger partial charge in [0.15, 0.2) is 0 Å². The molecule has 2 rings (SSSR count). The second kappa shape index (κ2) is 4.09. The Morgan fingerprint density at radius 2 is 2.00 bits per heavy atom. The van der Waals surface area contributed by atoms with Crippen LogP contribution in [0.2, 0.25) is 0 Å². The van der Waals surface area contributed by atoms with E-state index in [9.17, 15) is 5.26 Å². The highest BCUT2D eigenvalue weighted by Crippen LogP contribution is 2.33. The van der Waals surface area contributed by atoms with E-state index in [0.29, 0.717) is 5.92 Å². The maximum Gasteiger partial charge on any atom is 0.111 e. The summed E-state index contributed by atoms with van der Waals surface area (Å²) in [5, 5.41) is 9.38. The fraction of sp³-hybridized carbons (Fsp3) is 0.909. The molecule has 84 valence electrons. The van der Waals surface area contributed by atoms with Gasteiger partial charge in [0.25, 0.3) is 0 Å². The lowest BCUT2D eigenvalue weighted by Crippen LogP contribution is -2.63. The van der Waals surface area contributed by atoms with Gasteiger partial charge in [0.2, 0.25) is 0 Å². The van der Waals surface area contributed by atoms with Crippen molar-refractivity contribution in [2.75, 3.05) is 39.8 Å². The largest absolute Gasteiger partial charge is 0.330 e. The molecule has 0 radical (unpaired) electrons. The first-order valence-electron chi connectivity index (χ1n) is 5.75. The van der Waals surface area contributed by atoms with Gasteiger partial charge in [0, 0.05) is 26.2 Å². The lowest BCUT2D eigenvalue weighted by Gasteiger charge is -2.51. The molecule has 0 aliphatic carbocycles. The molecule has 4 nitrogen and oxygen atoms in total. The molecule has 0 amide bonds. The van der Waals surface area contributed by atoms with Crippen LogP contribution in [0.4, 0.5) is 0 Å². The lowest BCUT2D eigenvalue weighted by molar-refractivity contribution is -0.0129. The first kappa shape index (κ1) is 10.9. The van der Waals surface area contributed by atoms with Crippen molar-refractivity contribution < 1.29 is 0 Å². The van der Waals surface area contributed by atoms with Gasteiger partial charge in [0.05, 0.1) is 6.07 Å². The average Bonchev–Trinajstić information content (AvgIpc) is 2.20. The van der Waals surface area contributed by atoms with Gasteiger partial charge in [-0.3, -0.25) is 4.90 Å². The van der Waals surface area contributed by atoms with Gasteiger partial charge in [-0.25, -0.2) is 0 Å². The smallest absolute Gasteiger partial charge is 0.111 e. The van der Waals surface area contributed by atoms with Gasteiger partial charge < -0.3 is 10.6 Å². The van der Waals surface area contributed by atoms with Crippen LogP contribution in [0.25, 0.3) is 0 Å². The SMILES string of the molecule is CN1CCC(C#N)(N2CC(CN)C2)CC1. The number of hydrogen-bond acceptors (Lipinski definition) is 4. The summed E-state index contributed by atoms with van der Waals surface area (Å²) < 4.78 is 0. The third-order valence-electron chi connectivity index (χ3n) is 3.92. The molecule has 2 saturated heterocycles. The molecule has 2 aliphatic heterocycles. The maximum absolute atomic E-state index is 9.38. The number of likely N-dealkylation sites (tertiary alicyclic amines) is 2. The van der Waals surface area contributed by atoms with E-state index in [1.165, 1.54) is 0 Å². The van der Waals surface area contributed by atoms with Crippen LogP contribution in [0.3, 0.4) is 0 Å². The van der Waals surface area contributed by atoms with E-state index in [0.717, 1.165) is 45.6 Å². The van der Waals surface area contributed by atoms with Crippen molar-refractivity contribution in [3.63, 3.8) is 0 Å². The Morgan fingerprint density at radius 1 is 1.40 bits per heavy atom. The first-order chi connectivity index (χ1) is 7.20. The van der Waals surface area contributed by atoms with Crippen molar-refractivity contribution in [3.8, 4) is 6.07 Å². The highest BCUT2D eigenvalue weighted by atomic mass is 15.3. The summed E-state index contributed by atoms with van der Waals surface area (Å²) in [6.07, 6.45) is 1.97. The normalized spacial score (nSPS) is 28.3. The molecule has 0 aromatic rings. The molecule has 15 heavy (non-hydrogen) atoms. The monoisotopic (exact) mass is 208 g/mol. The molecule has 0 atom stereocenters. The Kier molecular flexibility index (Phi) is 2.96. The first-order valence-corrected chi connectivity index (χ1v) is 5.75. The van der Waals surface area contributed by atoms with Crippen LogP contribution in [-0.4, -0.2) is 55.1 Å². The molecular formula is C11H20N4. The van der Waals surface area contributed by atoms with Gasteiger partial charge in [-0.15, -0.1) is 0 Å². The predicted octanol–water partition coefficient (Wildman–Crippen LogP) is -0.135. The predicted molar refractivity (Wildman–Crippen MR) is 59.2 cm³/mol. The number of piperidine rings is 1. The minimum absolute atomic E-state index is 0.182. The number of nitriles is 1. The average molecular weight is 208 g/mol. The van der Waals surface area contributed by atoms with Crippen molar-refractivity contribution in [1.82, 2.24) is 9.80 Å². The Morgan fingerprint density at radius 3 is 2.47 bits per heavy atom. The molecule has 2 heterocycles. The standard InChI is InChI=1S/C11H20N4/c1-14-4-2-11(9-13,3-5-14)15-7-10(6-12)8-15/h10H,2-8,12H2,1H3. The second-order valence-corrected chi connectivity index (χ2v) is 4.95. The molecule has 0 unspecified atom stereocenters. The Bertz CT molecular complexity index is 256. The topological polar surface area (TPSA) is 56.3 Å². The molecular weight excluding hydrogens is 188 g/mol. The van der Waals surface area contributed by atoms with Crippen LogP contribution in [0.15, 0.2) is 0 Å². The van der Waals surface area contributed by atoms with Gasteiger partial charge in [-0.05, 0) is 32.4 Å². The quantitative estimate of drug-likeness (QED) is 0.686. The second-order valence-electron chi connectivity index (χ2n) is 4.95. The van der Waals surface area contributed by atoms with Crippen molar-refractivity contribution in [2.24, 2.45) is 11.7 Å². The highest BCUT2D eigenvalue weighted by molar-refractivity contribution is 5.13. The van der Waals surface area contributed by atoms with Gasteiger partial charge in [0.1, 0.15) is 5.54 Å². The molecule has 0 aromatic carbocycles. The van der Waals surface area contributed by atoms with Crippen molar-refractivity contribution >= 4 is 0 Å². The summed E-state index contributed by atoms with van der Waals surface area (Å²) in [7, 11) is 2.13. The van der Waals surface area contributed by atoms with Crippen LogP contribution >= 0.6 is 0 Å². The minimum Gasteiger partial charge on any atom is -0.330 e. The third-order valence-corrected chi connectivity index (χ3v) is 3.92. The van der Waals surface area contributed by atoms with Gasteiger partial charge in [-0.1, -0.05) is 0 Å². The number of nitrogens with zero attached hydrogens (tertiary/aromatic N) is 3. The van der Waals surface area contributed by atoms with Gasteiger partial charge in [-0.2, -0.15) is 5.26 Å². The Hall–Kier alpha value is -0.630. The zero-order valence-electron chi connectivity index (χ0n) is 9.45. The molecule has 2 fully saturated rings. The van der Waals surface area contributed by atoms with Crippen molar-refractivity contribution in [2.45, 2.75) is 18.4 Å². The zero-order valence-corrected chi connectivity index (χ0v) is 9.45. The summed E-state index contributed by atoms with van der Waals surface area (Å²) >= 11 is 0. The summed E-state index contributed by atoms with van der Waals surface area (Å²) in [5.74, 6) is 0.620. The highest BCUT2D eigenvalue weighted by Gasteiger charge is 2.44. The third kappa shape index (κ3) is 1.87. The summed E-state index contributed by atoms with van der Waals surface area (Å²) in [6, 6.07) is 2.54. The summed E-state index contributed by atoms with van der Waals surface area (Å²) in [5.41, 5.74) is 5.43. The van der Waals surface area contributed by atoms with E-state index in [-0.39, 0.29) is 5.54 Å². The van der Waals surface area contributed by atoms with E-state index in [1.54, 1.807) is 0 Å². The number of nitrogens with two attached hydrogens (primary N) is 1. The van der Waals surface area contributed by atoms with Crippen molar-refractivity contribution in [1.29, 1.82) is 5.26 Å². The Balaban J connectivity index is 1.96. The van der Waals surface area contributed by atoms with E-state index in [4.69, 9.17) is 5.73 Å². The Labute approximate surface area is 91.6 Å². The van der Waals surface area contributed by atoms with Crippen LogP contribution < -0.4 is 5.73 Å². The molecule has 0 aromatic heterocycles. The van der Waals surface area contributed by atoms with Gasteiger partial charge >= 0.3 is 0 Å². The van der Waals surface area contributed by atoms with E-state index < -0.39 is 0 Å². The molecule has 2 aliphatic rings. The number of hydrogen-bond donors (Lipinski definition) is 1. The summed E-state index contributed by atoms with van der Waals surface area (Å²) in [6.45, 7) is 4.88. The van der Waals surface area contributed by atoms with Crippen LogP contribution in [0.5, 0.6) is 0 Å². The van der Waals surface area contributed by atoms with E-state index in [2.05, 4.69) is 22.9 Å². The molecule has 2 N–H and O–H groups in total. The molecule has 0 spiro atoms. The minimum atomic E-state index is -0.182. The van der Waals surface area contributed by atoms with E-state index in [1.807, 2.05) is 0 Å². The zero-order chi connectivity index (χ0) is 10.9. The molecule has 4 heteroatoms. The number of rotatable bonds is 2. The van der Waals surface area contributed by atoms with Crippen molar-refractivity contribution in [3.05, 3.63) is 0 Å².